The van der Waals surface area contributed by atoms with Crippen LogP contribution in [0.4, 0.5) is 0 Å². The van der Waals surface area contributed by atoms with Crippen molar-refractivity contribution in [3.8, 4) is 0 Å². The number of ketones is 1. The topological polar surface area (TPSA) is 86.8 Å². The lowest BCUT2D eigenvalue weighted by Crippen LogP contribution is -2.53. The van der Waals surface area contributed by atoms with Crippen LogP contribution < -0.4 is 5.32 Å². The summed E-state index contributed by atoms with van der Waals surface area (Å²) in [5.41, 5.74) is 2.11. The summed E-state index contributed by atoms with van der Waals surface area (Å²) in [5, 5.41) is 4.95. The maximum Gasteiger partial charge on any atom is 0.254 e. The van der Waals surface area contributed by atoms with Gasteiger partial charge >= 0.3 is 0 Å². The fraction of sp³-hybridized carbons (Fsp3) is 0.412. The molecule has 214 valence electrons. The van der Waals surface area contributed by atoms with Gasteiger partial charge in [-0.1, -0.05) is 77.1 Å². The fourth-order valence-corrected chi connectivity index (χ4v) is 6.08. The Morgan fingerprint density at radius 3 is 2.22 bits per heavy atom. The van der Waals surface area contributed by atoms with Crippen LogP contribution in [0, 0.1) is 5.92 Å². The largest absolute Gasteiger partial charge is 0.340 e. The van der Waals surface area contributed by atoms with E-state index in [4.69, 9.17) is 0 Å². The van der Waals surface area contributed by atoms with Crippen LogP contribution in [0.1, 0.15) is 73.7 Å². The lowest BCUT2D eigenvalue weighted by Gasteiger charge is -2.29. The van der Waals surface area contributed by atoms with Crippen LogP contribution >= 0.6 is 0 Å². The second-order valence-electron chi connectivity index (χ2n) is 12.8. The number of amides is 3. The average Bonchev–Trinajstić information content (AvgIpc) is 3.52. The molecule has 0 radical (unpaired) electrons. The van der Waals surface area contributed by atoms with Crippen molar-refractivity contribution in [2.24, 2.45) is 5.92 Å². The summed E-state index contributed by atoms with van der Waals surface area (Å²) >= 11 is 0. The van der Waals surface area contributed by atoms with E-state index in [1.807, 2.05) is 62.4 Å². The number of nitrogens with one attached hydrogen (secondary N) is 1. The zero-order valence-corrected chi connectivity index (χ0v) is 24.5. The van der Waals surface area contributed by atoms with Gasteiger partial charge in [0.25, 0.3) is 11.8 Å². The third-order valence-corrected chi connectivity index (χ3v) is 8.29. The molecular formula is C34H39N3O4. The minimum atomic E-state index is -0.762. The predicted octanol–water partition coefficient (Wildman–Crippen LogP) is 4.98. The van der Waals surface area contributed by atoms with E-state index in [2.05, 4.69) is 26.1 Å². The van der Waals surface area contributed by atoms with Crippen molar-refractivity contribution in [2.45, 2.75) is 71.0 Å². The molecule has 0 spiro atoms. The molecule has 3 aromatic rings. The maximum absolute atomic E-state index is 13.9. The Morgan fingerprint density at radius 2 is 1.56 bits per heavy atom. The van der Waals surface area contributed by atoms with Crippen molar-refractivity contribution in [2.75, 3.05) is 13.1 Å². The Hall–Kier alpha value is -4.00. The second kappa shape index (κ2) is 11.1. The summed E-state index contributed by atoms with van der Waals surface area (Å²) in [6.45, 7) is 10.7. The Bertz CT molecular complexity index is 1490. The Morgan fingerprint density at radius 1 is 0.902 bits per heavy atom. The molecule has 7 heteroatoms. The van der Waals surface area contributed by atoms with E-state index in [1.54, 1.807) is 28.0 Å². The van der Waals surface area contributed by atoms with E-state index in [0.29, 0.717) is 30.5 Å². The summed E-state index contributed by atoms with van der Waals surface area (Å²) in [5.74, 6) is -0.763. The van der Waals surface area contributed by atoms with Gasteiger partial charge in [-0.05, 0) is 64.8 Å². The standard InChI is InChI=1S/C34H39N3O4/c1-21(2)18-27(35-31(39)23-12-14-26(15-13-23)34(3,4)5)33(41)36-17-16-28-30(36)29(38)20-37(28)32(40)25-11-10-22-8-6-7-9-24(22)19-25/h6-15,19,21,27-28,30H,16-18,20H2,1-5H3,(H,35,39)/t27-,28?,30?/m0/s1. The number of benzene rings is 3. The summed E-state index contributed by atoms with van der Waals surface area (Å²) in [7, 11) is 0. The number of hydrogen-bond donors (Lipinski definition) is 1. The molecule has 41 heavy (non-hydrogen) atoms. The van der Waals surface area contributed by atoms with Crippen molar-refractivity contribution in [3.05, 3.63) is 83.4 Å². The Kier molecular flexibility index (Phi) is 7.73. The molecule has 2 saturated heterocycles. The number of rotatable bonds is 6. The molecule has 0 aromatic heterocycles. The van der Waals surface area contributed by atoms with Gasteiger partial charge in [-0.25, -0.2) is 0 Å². The first-order valence-electron chi connectivity index (χ1n) is 14.5. The zero-order valence-electron chi connectivity index (χ0n) is 24.5. The summed E-state index contributed by atoms with van der Waals surface area (Å²) in [6, 6.07) is 19.0. The highest BCUT2D eigenvalue weighted by molar-refractivity contribution is 6.05. The maximum atomic E-state index is 13.9. The SMILES string of the molecule is CC(C)C[C@H](NC(=O)c1ccc(C(C)(C)C)cc1)C(=O)N1CCC2C1C(=O)CN2C(=O)c1ccc2ccccc2c1. The monoisotopic (exact) mass is 553 g/mol. The molecule has 2 aliphatic heterocycles. The number of nitrogens with zero attached hydrogens (tertiary/aromatic N) is 2. The molecule has 2 heterocycles. The van der Waals surface area contributed by atoms with Gasteiger partial charge in [-0.2, -0.15) is 0 Å². The molecule has 3 atom stereocenters. The van der Waals surface area contributed by atoms with Gasteiger partial charge in [-0.15, -0.1) is 0 Å². The van der Waals surface area contributed by atoms with Crippen molar-refractivity contribution in [1.29, 1.82) is 0 Å². The first kappa shape index (κ1) is 28.5. The molecule has 1 N–H and O–H groups in total. The first-order valence-corrected chi connectivity index (χ1v) is 14.5. The van der Waals surface area contributed by atoms with Crippen molar-refractivity contribution in [3.63, 3.8) is 0 Å². The normalized spacial score (nSPS) is 19.5. The van der Waals surface area contributed by atoms with E-state index in [9.17, 15) is 19.2 Å². The predicted molar refractivity (Wildman–Crippen MR) is 160 cm³/mol. The number of carbonyl (C=O) groups is 4. The fourth-order valence-electron chi connectivity index (χ4n) is 6.08. The van der Waals surface area contributed by atoms with Crippen LogP contribution in [0.25, 0.3) is 10.8 Å². The molecular weight excluding hydrogens is 514 g/mol. The Labute approximate surface area is 241 Å². The number of carbonyl (C=O) groups excluding carboxylic acids is 4. The quantitative estimate of drug-likeness (QED) is 0.467. The highest BCUT2D eigenvalue weighted by Gasteiger charge is 2.52. The molecule has 0 saturated carbocycles. The summed E-state index contributed by atoms with van der Waals surface area (Å²) in [4.78, 5) is 57.1. The third kappa shape index (κ3) is 5.76. The number of Topliss-reactive ketones (excluding diaryl/α,β-unsaturated/α-hetero) is 1. The molecule has 5 rings (SSSR count). The van der Waals surface area contributed by atoms with Gasteiger partial charge in [-0.3, -0.25) is 19.2 Å². The van der Waals surface area contributed by atoms with Gasteiger partial charge in [0, 0.05) is 17.7 Å². The highest BCUT2D eigenvalue weighted by Crippen LogP contribution is 2.32. The van der Waals surface area contributed by atoms with Gasteiger partial charge < -0.3 is 15.1 Å². The number of fused-ring (bicyclic) bond motifs is 2. The van der Waals surface area contributed by atoms with Crippen molar-refractivity contribution >= 4 is 34.3 Å². The van der Waals surface area contributed by atoms with E-state index in [0.717, 1.165) is 16.3 Å². The molecule has 2 fully saturated rings. The molecule has 0 bridgehead atoms. The molecule has 3 aromatic carbocycles. The van der Waals surface area contributed by atoms with Gasteiger partial charge in [0.1, 0.15) is 12.1 Å². The lowest BCUT2D eigenvalue weighted by molar-refractivity contribution is -0.138. The van der Waals surface area contributed by atoms with Gasteiger partial charge in [0.15, 0.2) is 5.78 Å². The first-order chi connectivity index (χ1) is 19.4. The van der Waals surface area contributed by atoms with Crippen LogP contribution in [0.5, 0.6) is 0 Å². The molecule has 7 nitrogen and oxygen atoms in total. The zero-order chi connectivity index (χ0) is 29.5. The molecule has 3 amide bonds. The number of likely N-dealkylation sites (tertiary alicyclic amines) is 2. The smallest absolute Gasteiger partial charge is 0.254 e. The van der Waals surface area contributed by atoms with Crippen molar-refractivity contribution in [1.82, 2.24) is 15.1 Å². The van der Waals surface area contributed by atoms with Crippen LogP contribution in [-0.4, -0.2) is 64.5 Å². The van der Waals surface area contributed by atoms with Crippen LogP contribution in [-0.2, 0) is 15.0 Å². The molecule has 0 aliphatic carbocycles. The number of hydrogen-bond acceptors (Lipinski definition) is 4. The van der Waals surface area contributed by atoms with E-state index >= 15 is 0 Å². The molecule has 2 unspecified atom stereocenters. The minimum Gasteiger partial charge on any atom is -0.340 e. The molecule has 2 aliphatic rings. The van der Waals surface area contributed by atoms with Crippen LogP contribution in [0.15, 0.2) is 66.7 Å². The van der Waals surface area contributed by atoms with E-state index < -0.39 is 12.1 Å². The average molecular weight is 554 g/mol. The summed E-state index contributed by atoms with van der Waals surface area (Å²) < 4.78 is 0. The highest BCUT2D eigenvalue weighted by atomic mass is 16.2. The van der Waals surface area contributed by atoms with Crippen molar-refractivity contribution < 1.29 is 19.2 Å². The Balaban J connectivity index is 1.32. The van der Waals surface area contributed by atoms with Gasteiger partial charge in [0.05, 0.1) is 12.6 Å². The second-order valence-corrected chi connectivity index (χ2v) is 12.8. The summed E-state index contributed by atoms with van der Waals surface area (Å²) in [6.07, 6.45) is 0.977. The lowest BCUT2D eigenvalue weighted by atomic mass is 9.86. The van der Waals surface area contributed by atoms with Gasteiger partial charge in [0.2, 0.25) is 5.91 Å². The van der Waals surface area contributed by atoms with E-state index in [-0.39, 0.29) is 47.4 Å². The van der Waals surface area contributed by atoms with Crippen LogP contribution in [0.2, 0.25) is 0 Å². The minimum absolute atomic E-state index is 0.0217. The van der Waals surface area contributed by atoms with Crippen LogP contribution in [0.3, 0.4) is 0 Å². The third-order valence-electron chi connectivity index (χ3n) is 8.29. The van der Waals surface area contributed by atoms with E-state index in [1.165, 1.54) is 0 Å².